The third kappa shape index (κ3) is 4.53. The van der Waals surface area contributed by atoms with E-state index in [9.17, 15) is 18.8 Å². The molecule has 9 nitrogen and oxygen atoms in total. The van der Waals surface area contributed by atoms with Gasteiger partial charge in [-0.2, -0.15) is 4.80 Å². The summed E-state index contributed by atoms with van der Waals surface area (Å²) in [5.41, 5.74) is 0.463. The summed E-state index contributed by atoms with van der Waals surface area (Å²) in [6, 6.07) is 2.78. The van der Waals surface area contributed by atoms with Gasteiger partial charge in [-0.25, -0.2) is 18.6 Å². The number of hydrogen-bond acceptors (Lipinski definition) is 6. The van der Waals surface area contributed by atoms with Crippen LogP contribution >= 0.6 is 11.6 Å². The summed E-state index contributed by atoms with van der Waals surface area (Å²) in [6.07, 6.45) is 4.68. The van der Waals surface area contributed by atoms with E-state index < -0.39 is 17.7 Å². The summed E-state index contributed by atoms with van der Waals surface area (Å²) >= 11 is 6.01. The zero-order valence-electron chi connectivity index (χ0n) is 17.1. The molecular weight excluding hydrogens is 444 g/mol. The van der Waals surface area contributed by atoms with Gasteiger partial charge in [0.05, 0.1) is 30.9 Å². The number of nitrogens with one attached hydrogen (secondary N) is 1. The van der Waals surface area contributed by atoms with E-state index in [1.807, 2.05) is 0 Å². The zero-order chi connectivity index (χ0) is 22.8. The molecule has 168 valence electrons. The number of aryl methyl sites for hydroxylation is 1. The van der Waals surface area contributed by atoms with Gasteiger partial charge in [0.25, 0.3) is 0 Å². The average molecular weight is 464 g/mol. The molecule has 4 rings (SSSR count). The lowest BCUT2D eigenvalue weighted by Gasteiger charge is -2.22. The number of urea groups is 1. The maximum atomic E-state index is 14.8. The van der Waals surface area contributed by atoms with Crippen LogP contribution in [0.2, 0.25) is 5.02 Å². The van der Waals surface area contributed by atoms with Crippen molar-refractivity contribution in [3.05, 3.63) is 46.7 Å². The lowest BCUT2D eigenvalue weighted by Crippen LogP contribution is -2.42. The number of aromatic nitrogens is 5. The topological polar surface area (TPSA) is 109 Å². The number of amides is 2. The van der Waals surface area contributed by atoms with Crippen molar-refractivity contribution in [2.75, 3.05) is 0 Å². The molecular formula is C20H20ClF2N7O2. The van der Waals surface area contributed by atoms with Gasteiger partial charge in [0.15, 0.2) is 0 Å². The van der Waals surface area contributed by atoms with Gasteiger partial charge in [0.2, 0.25) is 5.82 Å². The summed E-state index contributed by atoms with van der Waals surface area (Å²) in [5.74, 6) is -1.39. The first-order valence-electron chi connectivity index (χ1n) is 9.97. The minimum atomic E-state index is -0.716. The number of nitrogens with zero attached hydrogens (tertiary/aromatic N) is 6. The van der Waals surface area contributed by atoms with Crippen molar-refractivity contribution >= 4 is 17.6 Å². The lowest BCUT2D eigenvalue weighted by atomic mass is 9.99. The number of carbonyl (C=O) groups is 1. The predicted octanol–water partition coefficient (Wildman–Crippen LogP) is 3.71. The normalized spacial score (nSPS) is 14.0. The Morgan fingerprint density at radius 1 is 1.28 bits per heavy atom. The van der Waals surface area contributed by atoms with E-state index in [1.54, 1.807) is 0 Å². The van der Waals surface area contributed by atoms with Gasteiger partial charge in [-0.3, -0.25) is 10.2 Å². The third-order valence-electron chi connectivity index (χ3n) is 5.30. The second kappa shape index (κ2) is 9.13. The number of tetrazole rings is 1. The molecule has 32 heavy (non-hydrogen) atoms. The standard InChI is InChI=1S/C20H20ClF2N7O2/c1-29-27-19(26-28-29)18-14(7-12(21)8-16(18)23)11-6-15(22)17(24-9-11)10-25-20(31)30(32)13-4-2-3-5-13/h6-9,13,32H,2-5,10H2,1H3,(H,25,31). The van der Waals surface area contributed by atoms with Crippen LogP contribution in [0.4, 0.5) is 13.6 Å². The van der Waals surface area contributed by atoms with E-state index in [4.69, 9.17) is 11.6 Å². The summed E-state index contributed by atoms with van der Waals surface area (Å²) in [5, 5.41) is 24.8. The van der Waals surface area contributed by atoms with E-state index in [1.165, 1.54) is 24.1 Å². The lowest BCUT2D eigenvalue weighted by molar-refractivity contribution is -0.0761. The van der Waals surface area contributed by atoms with Crippen LogP contribution in [0.5, 0.6) is 0 Å². The molecule has 2 N–H and O–H groups in total. The van der Waals surface area contributed by atoms with E-state index in [0.29, 0.717) is 5.06 Å². The van der Waals surface area contributed by atoms with Crippen molar-refractivity contribution < 1.29 is 18.8 Å². The Morgan fingerprint density at radius 2 is 2.03 bits per heavy atom. The van der Waals surface area contributed by atoms with Gasteiger partial charge in [-0.15, -0.1) is 10.2 Å². The minimum absolute atomic E-state index is 0.0113. The van der Waals surface area contributed by atoms with Crippen LogP contribution in [0.1, 0.15) is 31.4 Å². The number of hydroxylamine groups is 2. The average Bonchev–Trinajstić information content (AvgIpc) is 3.43. The second-order valence-electron chi connectivity index (χ2n) is 7.51. The molecule has 0 aliphatic heterocycles. The molecule has 0 radical (unpaired) electrons. The van der Waals surface area contributed by atoms with Gasteiger partial charge < -0.3 is 5.32 Å². The van der Waals surface area contributed by atoms with Crippen LogP contribution in [0.3, 0.4) is 0 Å². The van der Waals surface area contributed by atoms with Gasteiger partial charge in [0.1, 0.15) is 11.6 Å². The van der Waals surface area contributed by atoms with E-state index in [0.717, 1.165) is 37.8 Å². The molecule has 2 amide bonds. The van der Waals surface area contributed by atoms with Crippen LogP contribution in [0, 0.1) is 11.6 Å². The fourth-order valence-electron chi connectivity index (χ4n) is 3.71. The summed E-state index contributed by atoms with van der Waals surface area (Å²) < 4.78 is 29.5. The molecule has 2 heterocycles. The molecule has 0 bridgehead atoms. The number of rotatable bonds is 5. The quantitative estimate of drug-likeness (QED) is 0.441. The molecule has 12 heteroatoms. The largest absolute Gasteiger partial charge is 0.341 e. The van der Waals surface area contributed by atoms with E-state index in [2.05, 4.69) is 25.7 Å². The van der Waals surface area contributed by atoms with Crippen LogP contribution < -0.4 is 5.32 Å². The van der Waals surface area contributed by atoms with Gasteiger partial charge in [0, 0.05) is 16.8 Å². The van der Waals surface area contributed by atoms with E-state index >= 15 is 0 Å². The Hall–Kier alpha value is -3.18. The highest BCUT2D eigenvalue weighted by atomic mass is 35.5. The van der Waals surface area contributed by atoms with Crippen LogP contribution in [0.25, 0.3) is 22.5 Å². The van der Waals surface area contributed by atoms with Crippen molar-refractivity contribution in [1.29, 1.82) is 0 Å². The van der Waals surface area contributed by atoms with Crippen molar-refractivity contribution in [2.24, 2.45) is 7.05 Å². The molecule has 1 aliphatic rings. The Balaban J connectivity index is 1.57. The number of hydrogen-bond donors (Lipinski definition) is 2. The summed E-state index contributed by atoms with van der Waals surface area (Å²) in [7, 11) is 1.54. The van der Waals surface area contributed by atoms with Crippen LogP contribution in [-0.2, 0) is 13.6 Å². The molecule has 0 saturated heterocycles. The number of benzene rings is 1. The minimum Gasteiger partial charge on any atom is -0.330 e. The monoisotopic (exact) mass is 463 g/mol. The maximum Gasteiger partial charge on any atom is 0.341 e. The molecule has 0 unspecified atom stereocenters. The van der Waals surface area contributed by atoms with Crippen molar-refractivity contribution in [2.45, 2.75) is 38.3 Å². The molecule has 3 aromatic rings. The zero-order valence-corrected chi connectivity index (χ0v) is 17.9. The fourth-order valence-corrected chi connectivity index (χ4v) is 3.92. The number of pyridine rings is 1. The van der Waals surface area contributed by atoms with Gasteiger partial charge in [-0.1, -0.05) is 24.4 Å². The number of carbonyl (C=O) groups excluding carboxylic acids is 1. The Bertz CT molecular complexity index is 1150. The third-order valence-corrected chi connectivity index (χ3v) is 5.52. The van der Waals surface area contributed by atoms with Crippen LogP contribution in [-0.4, -0.2) is 47.5 Å². The van der Waals surface area contributed by atoms with Crippen molar-refractivity contribution in [3.63, 3.8) is 0 Å². The first-order valence-corrected chi connectivity index (χ1v) is 10.4. The molecule has 1 fully saturated rings. The summed E-state index contributed by atoms with van der Waals surface area (Å²) in [4.78, 5) is 17.4. The molecule has 1 aliphatic carbocycles. The predicted molar refractivity (Wildman–Crippen MR) is 111 cm³/mol. The highest BCUT2D eigenvalue weighted by Crippen LogP contribution is 2.35. The smallest absolute Gasteiger partial charge is 0.330 e. The Morgan fingerprint density at radius 3 is 2.69 bits per heavy atom. The molecule has 2 aromatic heterocycles. The molecule has 1 aromatic carbocycles. The molecule has 0 atom stereocenters. The van der Waals surface area contributed by atoms with Crippen molar-refractivity contribution in [1.82, 2.24) is 35.6 Å². The highest BCUT2D eigenvalue weighted by molar-refractivity contribution is 6.31. The fraction of sp³-hybridized carbons (Fsp3) is 0.350. The Kier molecular flexibility index (Phi) is 6.28. The SMILES string of the molecule is Cn1nnc(-c2c(F)cc(Cl)cc2-c2cnc(CNC(=O)N(O)C3CCCC3)c(F)c2)n1. The first kappa shape index (κ1) is 22.0. The molecule has 1 saturated carbocycles. The van der Waals surface area contributed by atoms with Gasteiger partial charge >= 0.3 is 6.03 Å². The summed E-state index contributed by atoms with van der Waals surface area (Å²) in [6.45, 7) is -0.225. The van der Waals surface area contributed by atoms with Crippen molar-refractivity contribution in [3.8, 4) is 22.5 Å². The van der Waals surface area contributed by atoms with E-state index in [-0.39, 0.29) is 45.8 Å². The van der Waals surface area contributed by atoms with Crippen LogP contribution in [0.15, 0.2) is 24.4 Å². The second-order valence-corrected chi connectivity index (χ2v) is 7.94. The maximum absolute atomic E-state index is 14.8. The van der Waals surface area contributed by atoms with Gasteiger partial charge in [-0.05, 0) is 41.8 Å². The highest BCUT2D eigenvalue weighted by Gasteiger charge is 2.26. The Labute approximate surface area is 187 Å². The molecule has 0 spiro atoms. The number of halogens is 3. The first-order chi connectivity index (χ1) is 15.3.